The van der Waals surface area contributed by atoms with Crippen molar-refractivity contribution in [2.24, 2.45) is 5.41 Å². The predicted octanol–water partition coefficient (Wildman–Crippen LogP) is 6.39. The lowest BCUT2D eigenvalue weighted by Crippen LogP contribution is -2.37. The molecule has 0 saturated carbocycles. The summed E-state index contributed by atoms with van der Waals surface area (Å²) in [7, 11) is -4.22. The van der Waals surface area contributed by atoms with Crippen LogP contribution in [0.1, 0.15) is 54.4 Å². The van der Waals surface area contributed by atoms with Gasteiger partial charge in [0.15, 0.2) is 0 Å². The van der Waals surface area contributed by atoms with E-state index in [0.717, 1.165) is 39.3 Å². The molecule has 4 aromatic rings. The normalized spacial score (nSPS) is 12.5. The van der Waals surface area contributed by atoms with Gasteiger partial charge >= 0.3 is 5.97 Å². The van der Waals surface area contributed by atoms with Crippen molar-refractivity contribution in [1.29, 1.82) is 0 Å². The zero-order valence-corrected chi connectivity index (χ0v) is 27.7. The van der Waals surface area contributed by atoms with Crippen molar-refractivity contribution < 1.29 is 23.1 Å². The number of benzene rings is 2. The summed E-state index contributed by atoms with van der Waals surface area (Å²) in [6.07, 6.45) is 2.53. The molecular weight excluding hydrogens is 646 g/mol. The number of anilines is 1. The average Bonchev–Trinajstić information content (AvgIpc) is 2.94. The van der Waals surface area contributed by atoms with Gasteiger partial charge in [-0.05, 0) is 83.1 Å². The van der Waals surface area contributed by atoms with E-state index in [4.69, 9.17) is 4.74 Å². The van der Waals surface area contributed by atoms with Gasteiger partial charge in [-0.25, -0.2) is 22.9 Å². The Hall–Kier alpha value is -3.87. The van der Waals surface area contributed by atoms with Crippen molar-refractivity contribution in [2.45, 2.75) is 58.5 Å². The molecule has 0 unspecified atom stereocenters. The van der Waals surface area contributed by atoms with Gasteiger partial charge in [-0.2, -0.15) is 4.98 Å². The standard InChI is InChI=1S/C32H36BrN5O5S/c1-20-9-6-10-21(2)29(20)26-16-28(37-31(36-26)38-44(41,42)24-12-7-11-22(15-24)30(39)40)43-19-23(17-32(3,4)5)35-18-27-25(33)13-8-14-34-27/h6-16,23,35H,17-19H2,1-5H3,(H,39,40)(H,36,37,38)/t23-/m1/s1. The molecular formula is C32H36BrN5O5S. The number of hydrogen-bond acceptors (Lipinski definition) is 8. The molecule has 0 fully saturated rings. The number of carboxylic acids is 1. The molecule has 0 aliphatic carbocycles. The molecule has 0 radical (unpaired) electrons. The third kappa shape index (κ3) is 8.84. The lowest BCUT2D eigenvalue weighted by molar-refractivity contribution is 0.0696. The summed E-state index contributed by atoms with van der Waals surface area (Å²) in [4.78, 5) is 24.6. The molecule has 1 atom stereocenters. The quantitative estimate of drug-likeness (QED) is 0.155. The number of nitrogens with one attached hydrogen (secondary N) is 2. The molecule has 0 amide bonds. The van der Waals surface area contributed by atoms with Crippen LogP contribution in [0.3, 0.4) is 0 Å². The zero-order chi connectivity index (χ0) is 32.1. The Morgan fingerprint density at radius 1 is 1.02 bits per heavy atom. The van der Waals surface area contributed by atoms with Crippen LogP contribution >= 0.6 is 15.9 Å². The second kappa shape index (κ2) is 13.8. The van der Waals surface area contributed by atoms with E-state index < -0.39 is 16.0 Å². The van der Waals surface area contributed by atoms with Gasteiger partial charge in [0, 0.05) is 34.9 Å². The van der Waals surface area contributed by atoms with Crippen LogP contribution < -0.4 is 14.8 Å². The molecule has 10 nitrogen and oxygen atoms in total. The molecule has 0 saturated heterocycles. The minimum absolute atomic E-state index is 0.0112. The van der Waals surface area contributed by atoms with Crippen molar-refractivity contribution in [2.75, 3.05) is 11.3 Å². The Balaban J connectivity index is 1.66. The number of hydrogen-bond donors (Lipinski definition) is 3. The van der Waals surface area contributed by atoms with Crippen molar-refractivity contribution in [1.82, 2.24) is 20.3 Å². The van der Waals surface area contributed by atoms with Crippen LogP contribution in [0.2, 0.25) is 0 Å². The molecule has 2 aromatic carbocycles. The molecule has 0 bridgehead atoms. The first-order valence-electron chi connectivity index (χ1n) is 14.0. The fourth-order valence-electron chi connectivity index (χ4n) is 4.77. The second-order valence-corrected chi connectivity index (χ2v) is 14.2. The third-order valence-electron chi connectivity index (χ3n) is 6.74. The number of sulfonamides is 1. The Bertz CT molecular complexity index is 1740. The van der Waals surface area contributed by atoms with Crippen molar-refractivity contribution in [3.05, 3.63) is 93.7 Å². The minimum atomic E-state index is -4.22. The van der Waals surface area contributed by atoms with Crippen LogP contribution in [-0.2, 0) is 16.6 Å². The monoisotopic (exact) mass is 681 g/mol. The topological polar surface area (TPSA) is 143 Å². The fourth-order valence-corrected chi connectivity index (χ4v) is 6.16. The number of pyridine rings is 1. The third-order valence-corrected chi connectivity index (χ3v) is 8.79. The maximum atomic E-state index is 13.3. The first kappa shape index (κ1) is 33.0. The summed E-state index contributed by atoms with van der Waals surface area (Å²) in [5.74, 6) is -1.24. The molecule has 0 spiro atoms. The largest absolute Gasteiger partial charge is 0.478 e. The highest BCUT2D eigenvalue weighted by atomic mass is 79.9. The molecule has 44 heavy (non-hydrogen) atoms. The summed E-state index contributed by atoms with van der Waals surface area (Å²) in [5, 5.41) is 12.9. The number of aromatic nitrogens is 3. The number of rotatable bonds is 12. The number of aromatic carboxylic acids is 1. The first-order chi connectivity index (χ1) is 20.7. The fraction of sp³-hybridized carbons (Fsp3) is 0.312. The van der Waals surface area contributed by atoms with Crippen LogP contribution in [0.25, 0.3) is 11.3 Å². The molecule has 0 aliphatic rings. The van der Waals surface area contributed by atoms with E-state index in [0.29, 0.717) is 12.2 Å². The molecule has 3 N–H and O–H groups in total. The lowest BCUT2D eigenvalue weighted by Gasteiger charge is -2.27. The molecule has 2 aromatic heterocycles. The van der Waals surface area contributed by atoms with Gasteiger partial charge in [0.25, 0.3) is 10.0 Å². The summed E-state index contributed by atoms with van der Waals surface area (Å²) in [5.41, 5.74) is 3.92. The van der Waals surface area contributed by atoms with Crippen LogP contribution in [0.4, 0.5) is 5.95 Å². The number of nitrogens with zero attached hydrogens (tertiary/aromatic N) is 3. The number of carbonyl (C=O) groups is 1. The Morgan fingerprint density at radius 3 is 2.39 bits per heavy atom. The summed E-state index contributed by atoms with van der Waals surface area (Å²) in [6, 6.07) is 16.3. The Morgan fingerprint density at radius 2 is 1.73 bits per heavy atom. The minimum Gasteiger partial charge on any atom is -0.478 e. The number of ether oxygens (including phenoxy) is 1. The van der Waals surface area contributed by atoms with Gasteiger partial charge in [-0.15, -0.1) is 0 Å². The Labute approximate surface area is 266 Å². The van der Waals surface area contributed by atoms with Gasteiger partial charge < -0.3 is 15.2 Å². The second-order valence-electron chi connectivity index (χ2n) is 11.7. The maximum absolute atomic E-state index is 13.3. The lowest BCUT2D eigenvalue weighted by atomic mass is 9.88. The van der Waals surface area contributed by atoms with Gasteiger partial charge in [-0.3, -0.25) is 4.98 Å². The number of aryl methyl sites for hydroxylation is 2. The van der Waals surface area contributed by atoms with Crippen LogP contribution in [0.15, 0.2) is 76.2 Å². The summed E-state index contributed by atoms with van der Waals surface area (Å²) < 4.78 is 36.1. The molecule has 2 heterocycles. The SMILES string of the molecule is Cc1cccc(C)c1-c1cc(OC[C@@H](CC(C)(C)C)NCc2ncccc2Br)nc(NS(=O)(=O)c2cccc(C(=O)O)c2)n1. The summed E-state index contributed by atoms with van der Waals surface area (Å²) in [6.45, 7) is 11.1. The Kier molecular flexibility index (Phi) is 10.4. The van der Waals surface area contributed by atoms with Crippen LogP contribution in [0, 0.1) is 19.3 Å². The zero-order valence-electron chi connectivity index (χ0n) is 25.3. The number of carboxylic acid groups (broad SMARTS) is 1. The summed E-state index contributed by atoms with van der Waals surface area (Å²) >= 11 is 3.55. The van der Waals surface area contributed by atoms with E-state index in [-0.39, 0.29) is 40.4 Å². The molecule has 0 aliphatic heterocycles. The van der Waals surface area contributed by atoms with E-state index in [9.17, 15) is 18.3 Å². The van der Waals surface area contributed by atoms with E-state index in [1.807, 2.05) is 44.2 Å². The highest BCUT2D eigenvalue weighted by molar-refractivity contribution is 9.10. The van der Waals surface area contributed by atoms with Crippen molar-refractivity contribution in [3.8, 4) is 17.1 Å². The van der Waals surface area contributed by atoms with Crippen molar-refractivity contribution >= 4 is 37.9 Å². The van der Waals surface area contributed by atoms with Crippen LogP contribution in [-0.4, -0.2) is 47.1 Å². The van der Waals surface area contributed by atoms with Gasteiger partial charge in [0.1, 0.15) is 6.61 Å². The highest BCUT2D eigenvalue weighted by Gasteiger charge is 2.23. The maximum Gasteiger partial charge on any atom is 0.335 e. The van der Waals surface area contributed by atoms with E-state index in [1.165, 1.54) is 18.2 Å². The number of halogens is 1. The predicted molar refractivity (Wildman–Crippen MR) is 173 cm³/mol. The van der Waals surface area contributed by atoms with Gasteiger partial charge in [0.05, 0.1) is 21.8 Å². The molecule has 232 valence electrons. The van der Waals surface area contributed by atoms with Gasteiger partial charge in [-0.1, -0.05) is 45.0 Å². The smallest absolute Gasteiger partial charge is 0.335 e. The average molecular weight is 683 g/mol. The van der Waals surface area contributed by atoms with Gasteiger partial charge in [0.2, 0.25) is 11.8 Å². The molecule has 12 heteroatoms. The first-order valence-corrected chi connectivity index (χ1v) is 16.3. The van der Waals surface area contributed by atoms with E-state index in [1.54, 1.807) is 12.3 Å². The molecule has 4 rings (SSSR count). The van der Waals surface area contributed by atoms with E-state index in [2.05, 4.69) is 61.7 Å². The highest BCUT2D eigenvalue weighted by Crippen LogP contribution is 2.30. The van der Waals surface area contributed by atoms with Crippen LogP contribution in [0.5, 0.6) is 5.88 Å². The van der Waals surface area contributed by atoms with Crippen molar-refractivity contribution in [3.63, 3.8) is 0 Å². The van der Waals surface area contributed by atoms with E-state index >= 15 is 0 Å².